The lowest BCUT2D eigenvalue weighted by Gasteiger charge is -2.28. The van der Waals surface area contributed by atoms with Gasteiger partial charge in [0, 0.05) is 35.9 Å². The normalized spacial score (nSPS) is 19.3. The third kappa shape index (κ3) is 3.72. The van der Waals surface area contributed by atoms with E-state index in [0.717, 1.165) is 17.1 Å². The Morgan fingerprint density at radius 3 is 2.59 bits per heavy atom. The van der Waals surface area contributed by atoms with Gasteiger partial charge in [-0.1, -0.05) is 12.1 Å². The molecule has 2 atom stereocenters. The van der Waals surface area contributed by atoms with Crippen molar-refractivity contribution in [1.82, 2.24) is 14.9 Å². The zero-order valence-corrected chi connectivity index (χ0v) is 18.0. The predicted molar refractivity (Wildman–Crippen MR) is 120 cm³/mol. The molecule has 0 spiro atoms. The molecule has 1 aliphatic heterocycles. The fourth-order valence-electron chi connectivity index (χ4n) is 3.74. The topological polar surface area (TPSA) is 42.3 Å². The molecule has 1 N–H and O–H groups in total. The molecule has 3 heterocycles. The van der Waals surface area contributed by atoms with Crippen molar-refractivity contribution >= 4 is 23.0 Å². The van der Waals surface area contributed by atoms with E-state index in [4.69, 9.17) is 17.0 Å². The molecule has 1 aromatic carbocycles. The van der Waals surface area contributed by atoms with E-state index in [1.165, 1.54) is 5.56 Å². The molecule has 6 heteroatoms. The van der Waals surface area contributed by atoms with Crippen LogP contribution < -0.4 is 15.0 Å². The van der Waals surface area contributed by atoms with E-state index < -0.39 is 0 Å². The average molecular weight is 407 g/mol. The lowest BCUT2D eigenvalue weighted by atomic mass is 9.98. The number of aromatic nitrogens is 2. The number of pyridine rings is 1. The molecule has 0 amide bonds. The van der Waals surface area contributed by atoms with Crippen molar-refractivity contribution in [1.29, 1.82) is 0 Å². The van der Waals surface area contributed by atoms with Gasteiger partial charge in [-0.3, -0.25) is 4.98 Å². The zero-order valence-electron chi connectivity index (χ0n) is 17.2. The van der Waals surface area contributed by atoms with E-state index in [0.29, 0.717) is 5.11 Å². The number of rotatable bonds is 4. The highest BCUT2D eigenvalue weighted by Crippen LogP contribution is 2.42. The lowest BCUT2D eigenvalue weighted by molar-refractivity contribution is 0.397. The van der Waals surface area contributed by atoms with Crippen LogP contribution in [0.1, 0.15) is 44.1 Å². The maximum Gasteiger partial charge on any atom is 0.174 e. The van der Waals surface area contributed by atoms with Gasteiger partial charge < -0.3 is 19.5 Å². The Morgan fingerprint density at radius 1 is 1.10 bits per heavy atom. The summed E-state index contributed by atoms with van der Waals surface area (Å²) in [5, 5.41) is 4.18. The van der Waals surface area contributed by atoms with Crippen molar-refractivity contribution < 1.29 is 4.74 Å². The number of ether oxygens (including phenoxy) is 1. The fourth-order valence-corrected chi connectivity index (χ4v) is 4.08. The van der Waals surface area contributed by atoms with E-state index in [9.17, 15) is 0 Å². The largest absolute Gasteiger partial charge is 0.497 e. The number of nitrogens with one attached hydrogen (secondary N) is 1. The van der Waals surface area contributed by atoms with Gasteiger partial charge in [-0.25, -0.2) is 0 Å². The lowest BCUT2D eigenvalue weighted by Crippen LogP contribution is -2.29. The molecular formula is C23H26N4OS. The highest BCUT2D eigenvalue weighted by molar-refractivity contribution is 7.80. The first-order valence-electron chi connectivity index (χ1n) is 9.71. The molecule has 1 aliphatic rings. The average Bonchev–Trinajstić information content (AvgIpc) is 3.33. The molecule has 0 radical (unpaired) electrons. The molecule has 5 nitrogen and oxygen atoms in total. The van der Waals surface area contributed by atoms with Gasteiger partial charge in [-0.2, -0.15) is 0 Å². The van der Waals surface area contributed by atoms with Gasteiger partial charge in [0.15, 0.2) is 5.11 Å². The smallest absolute Gasteiger partial charge is 0.174 e. The van der Waals surface area contributed by atoms with Crippen molar-refractivity contribution in [2.75, 3.05) is 12.0 Å². The summed E-state index contributed by atoms with van der Waals surface area (Å²) in [5.74, 6) is 0.803. The fraction of sp³-hybridized carbons (Fsp3) is 0.304. The monoisotopic (exact) mass is 406 g/mol. The second-order valence-electron chi connectivity index (χ2n) is 8.22. The molecule has 150 valence electrons. The molecule has 2 aromatic heterocycles. The summed E-state index contributed by atoms with van der Waals surface area (Å²) in [7, 11) is 1.68. The van der Waals surface area contributed by atoms with Crippen LogP contribution >= 0.6 is 12.2 Å². The van der Waals surface area contributed by atoms with Gasteiger partial charge in [-0.05, 0) is 68.9 Å². The highest BCUT2D eigenvalue weighted by Gasteiger charge is 2.41. The SMILES string of the molecule is COc1cccc(N2C(=S)N[C@H](c3ccccn3)[C@@H]2c2ccn(C(C)(C)C)c2)c1. The molecule has 0 bridgehead atoms. The number of hydrogen-bond donors (Lipinski definition) is 1. The van der Waals surface area contributed by atoms with Crippen LogP contribution in [0.2, 0.25) is 0 Å². The van der Waals surface area contributed by atoms with Crippen molar-refractivity contribution in [3.8, 4) is 5.75 Å². The molecule has 1 fully saturated rings. The third-order valence-corrected chi connectivity index (χ3v) is 5.58. The van der Waals surface area contributed by atoms with Gasteiger partial charge in [-0.15, -0.1) is 0 Å². The summed E-state index contributed by atoms with van der Waals surface area (Å²) in [6.07, 6.45) is 6.17. The number of methoxy groups -OCH3 is 1. The summed E-state index contributed by atoms with van der Waals surface area (Å²) in [6.45, 7) is 6.60. The quantitative estimate of drug-likeness (QED) is 0.629. The maximum absolute atomic E-state index is 5.78. The Labute approximate surface area is 177 Å². The van der Waals surface area contributed by atoms with Crippen LogP contribution in [0.3, 0.4) is 0 Å². The Balaban J connectivity index is 1.82. The van der Waals surface area contributed by atoms with Crippen LogP contribution in [0.5, 0.6) is 5.75 Å². The molecule has 0 saturated carbocycles. The minimum absolute atomic E-state index is 0.00603. The maximum atomic E-state index is 5.78. The van der Waals surface area contributed by atoms with Gasteiger partial charge in [0.1, 0.15) is 5.75 Å². The molecule has 1 saturated heterocycles. The van der Waals surface area contributed by atoms with Crippen molar-refractivity contribution in [3.05, 3.63) is 78.4 Å². The molecular weight excluding hydrogens is 380 g/mol. The van der Waals surface area contributed by atoms with E-state index >= 15 is 0 Å². The molecule has 0 aliphatic carbocycles. The standard InChI is InChI=1S/C23H26N4OS/c1-23(2,3)26-13-11-16(15-26)21-20(19-10-5-6-12-24-19)25-22(29)27(21)17-8-7-9-18(14-17)28-4/h5-15,20-21H,1-4H3,(H,25,29)/t20-,21+/m1/s1. The van der Waals surface area contributed by atoms with Crippen molar-refractivity contribution in [3.63, 3.8) is 0 Å². The summed E-state index contributed by atoms with van der Waals surface area (Å²) in [5.41, 5.74) is 3.15. The van der Waals surface area contributed by atoms with Crippen LogP contribution in [0.15, 0.2) is 67.1 Å². The second-order valence-corrected chi connectivity index (χ2v) is 8.61. The van der Waals surface area contributed by atoms with Crippen LogP contribution in [-0.2, 0) is 5.54 Å². The Morgan fingerprint density at radius 2 is 1.93 bits per heavy atom. The first-order chi connectivity index (χ1) is 13.9. The second kappa shape index (κ2) is 7.52. The van der Waals surface area contributed by atoms with E-state index in [1.54, 1.807) is 7.11 Å². The molecule has 3 aromatic rings. The number of thiocarbonyl (C=S) groups is 1. The van der Waals surface area contributed by atoms with Gasteiger partial charge in [0.25, 0.3) is 0 Å². The Bertz CT molecular complexity index is 1010. The van der Waals surface area contributed by atoms with E-state index in [1.807, 2.05) is 42.6 Å². The van der Waals surface area contributed by atoms with E-state index in [2.05, 4.69) is 65.1 Å². The molecule has 4 rings (SSSR count). The molecule has 29 heavy (non-hydrogen) atoms. The summed E-state index contributed by atoms with van der Waals surface area (Å²) in [4.78, 5) is 6.77. The zero-order chi connectivity index (χ0) is 20.6. The Kier molecular flexibility index (Phi) is 5.04. The van der Waals surface area contributed by atoms with Crippen LogP contribution in [-0.4, -0.2) is 21.8 Å². The minimum atomic E-state index is -0.0503. The first kappa shape index (κ1) is 19.5. The predicted octanol–water partition coefficient (Wildman–Crippen LogP) is 4.82. The molecule has 0 unspecified atom stereocenters. The summed E-state index contributed by atoms with van der Waals surface area (Å²) in [6, 6.07) is 16.1. The van der Waals surface area contributed by atoms with Gasteiger partial charge >= 0.3 is 0 Å². The van der Waals surface area contributed by atoms with Gasteiger partial charge in [0.2, 0.25) is 0 Å². The number of hydrogen-bond acceptors (Lipinski definition) is 3. The van der Waals surface area contributed by atoms with Crippen molar-refractivity contribution in [2.24, 2.45) is 0 Å². The Hall–Kier alpha value is -2.86. The minimum Gasteiger partial charge on any atom is -0.497 e. The van der Waals surface area contributed by atoms with Crippen LogP contribution in [0.4, 0.5) is 5.69 Å². The van der Waals surface area contributed by atoms with Crippen molar-refractivity contribution in [2.45, 2.75) is 38.4 Å². The third-order valence-electron chi connectivity index (χ3n) is 5.26. The summed E-state index contributed by atoms with van der Waals surface area (Å²) >= 11 is 5.78. The highest BCUT2D eigenvalue weighted by atomic mass is 32.1. The van der Waals surface area contributed by atoms with Crippen LogP contribution in [0.25, 0.3) is 0 Å². The number of benzene rings is 1. The van der Waals surface area contributed by atoms with E-state index in [-0.39, 0.29) is 17.6 Å². The van der Waals surface area contributed by atoms with Crippen LogP contribution in [0, 0.1) is 0 Å². The summed E-state index contributed by atoms with van der Waals surface area (Å²) < 4.78 is 7.68. The first-order valence-corrected chi connectivity index (χ1v) is 10.1. The number of anilines is 1. The number of nitrogens with zero attached hydrogens (tertiary/aromatic N) is 3. The van der Waals surface area contributed by atoms with Gasteiger partial charge in [0.05, 0.1) is 24.9 Å².